The van der Waals surface area contributed by atoms with E-state index in [4.69, 9.17) is 9.84 Å². The molecule has 1 aliphatic rings. The Bertz CT molecular complexity index is 243. The highest BCUT2D eigenvalue weighted by molar-refractivity contribution is 5.74. The average Bonchev–Trinajstić information content (AvgIpc) is 2.63. The van der Waals surface area contributed by atoms with Crippen LogP contribution in [0, 0.1) is 0 Å². The number of carboxylic acid groups (broad SMARTS) is 1. The van der Waals surface area contributed by atoms with Crippen molar-refractivity contribution >= 4 is 11.9 Å². The average molecular weight is 217 g/mol. The molecular formula is C9H15NO5. The molecule has 6 nitrogen and oxygen atoms in total. The Balaban J connectivity index is 2.19. The van der Waals surface area contributed by atoms with Crippen LogP contribution in [0.2, 0.25) is 0 Å². The van der Waals surface area contributed by atoms with Gasteiger partial charge in [-0.15, -0.1) is 0 Å². The number of ether oxygens (including phenoxy) is 2. The van der Waals surface area contributed by atoms with Crippen molar-refractivity contribution in [1.29, 1.82) is 0 Å². The third-order valence-corrected chi connectivity index (χ3v) is 2.13. The van der Waals surface area contributed by atoms with Crippen molar-refractivity contribution < 1.29 is 24.2 Å². The lowest BCUT2D eigenvalue weighted by atomic mass is 10.2. The maximum Gasteiger partial charge on any atom is 0.332 e. The highest BCUT2D eigenvalue weighted by atomic mass is 16.6. The van der Waals surface area contributed by atoms with Crippen molar-refractivity contribution in [2.24, 2.45) is 0 Å². The van der Waals surface area contributed by atoms with E-state index in [9.17, 15) is 9.59 Å². The molecule has 1 heterocycles. The first-order chi connectivity index (χ1) is 7.13. The monoisotopic (exact) mass is 217 g/mol. The summed E-state index contributed by atoms with van der Waals surface area (Å²) in [4.78, 5) is 21.5. The van der Waals surface area contributed by atoms with Crippen LogP contribution in [-0.4, -0.2) is 48.9 Å². The molecule has 0 bridgehead atoms. The van der Waals surface area contributed by atoms with Crippen LogP contribution in [0.3, 0.4) is 0 Å². The molecule has 1 rings (SSSR count). The van der Waals surface area contributed by atoms with Gasteiger partial charge in [0.2, 0.25) is 0 Å². The lowest BCUT2D eigenvalue weighted by Gasteiger charge is -2.09. The van der Waals surface area contributed by atoms with Crippen LogP contribution in [-0.2, 0) is 19.1 Å². The number of nitrogens with one attached hydrogen (secondary N) is 1. The molecule has 1 unspecified atom stereocenters. The molecule has 0 amide bonds. The van der Waals surface area contributed by atoms with Gasteiger partial charge >= 0.3 is 11.9 Å². The minimum Gasteiger partial charge on any atom is -0.480 e. The fraction of sp³-hybridized carbons (Fsp3) is 0.778. The van der Waals surface area contributed by atoms with Crippen molar-refractivity contribution in [3.05, 3.63) is 0 Å². The van der Waals surface area contributed by atoms with Gasteiger partial charge in [0.05, 0.1) is 12.7 Å². The molecule has 0 aliphatic carbocycles. The van der Waals surface area contributed by atoms with Gasteiger partial charge in [0.1, 0.15) is 12.6 Å². The molecular weight excluding hydrogens is 202 g/mol. The Morgan fingerprint density at radius 3 is 2.80 bits per heavy atom. The van der Waals surface area contributed by atoms with Gasteiger partial charge in [-0.25, -0.2) is 4.79 Å². The standard InChI is InChI=1S/C9H15NO5/c1-2-14-8(11)5-15-6-3-7(9(12)13)10-4-6/h6-7,10H,2-5H2,1H3,(H,12,13)/t6?,7-/m0/s1. The normalized spacial score (nSPS) is 25.1. The number of carboxylic acids is 1. The molecule has 6 heteroatoms. The number of rotatable bonds is 5. The fourth-order valence-electron chi connectivity index (χ4n) is 1.41. The smallest absolute Gasteiger partial charge is 0.332 e. The number of esters is 1. The molecule has 2 atom stereocenters. The summed E-state index contributed by atoms with van der Waals surface area (Å²) in [6, 6.07) is -0.572. The van der Waals surface area contributed by atoms with Crippen molar-refractivity contribution in [3.8, 4) is 0 Å². The maximum absolute atomic E-state index is 10.9. The van der Waals surface area contributed by atoms with E-state index in [2.05, 4.69) is 10.1 Å². The topological polar surface area (TPSA) is 84.9 Å². The largest absolute Gasteiger partial charge is 0.480 e. The van der Waals surface area contributed by atoms with E-state index in [1.54, 1.807) is 6.92 Å². The number of aliphatic carboxylic acids is 1. The summed E-state index contributed by atoms with van der Waals surface area (Å²) in [6.45, 7) is 2.38. The zero-order chi connectivity index (χ0) is 11.3. The maximum atomic E-state index is 10.9. The molecule has 0 aromatic rings. The fourth-order valence-corrected chi connectivity index (χ4v) is 1.41. The first-order valence-corrected chi connectivity index (χ1v) is 4.87. The molecule has 86 valence electrons. The minimum absolute atomic E-state index is 0.119. The van der Waals surface area contributed by atoms with Crippen molar-refractivity contribution in [2.45, 2.75) is 25.5 Å². The predicted octanol–water partition coefficient (Wildman–Crippen LogP) is -0.619. The lowest BCUT2D eigenvalue weighted by Crippen LogP contribution is -2.30. The second kappa shape index (κ2) is 5.67. The molecule has 2 N–H and O–H groups in total. The van der Waals surface area contributed by atoms with Gasteiger partial charge < -0.3 is 19.9 Å². The van der Waals surface area contributed by atoms with Crippen LogP contribution >= 0.6 is 0 Å². The summed E-state index contributed by atoms with van der Waals surface area (Å²) in [5, 5.41) is 11.5. The number of carbonyl (C=O) groups is 2. The Labute approximate surface area is 87.5 Å². The third-order valence-electron chi connectivity index (χ3n) is 2.13. The first-order valence-electron chi connectivity index (χ1n) is 4.87. The molecule has 0 radical (unpaired) electrons. The van der Waals surface area contributed by atoms with Crippen LogP contribution in [0.4, 0.5) is 0 Å². The Hall–Kier alpha value is -1.14. The van der Waals surface area contributed by atoms with Crippen molar-refractivity contribution in [1.82, 2.24) is 5.32 Å². The first kappa shape index (κ1) is 11.9. The third kappa shape index (κ3) is 3.85. The summed E-state index contributed by atoms with van der Waals surface area (Å²) in [6.07, 6.45) is 0.157. The van der Waals surface area contributed by atoms with Crippen molar-refractivity contribution in [2.75, 3.05) is 19.8 Å². The SMILES string of the molecule is CCOC(=O)COC1CN[C@H](C(=O)O)C1. The van der Waals surface area contributed by atoms with E-state index >= 15 is 0 Å². The summed E-state index contributed by atoms with van der Waals surface area (Å²) < 4.78 is 9.87. The molecule has 0 aromatic heterocycles. The molecule has 1 saturated heterocycles. The molecule has 1 fully saturated rings. The van der Waals surface area contributed by atoms with Gasteiger partial charge in [0.15, 0.2) is 0 Å². The van der Waals surface area contributed by atoms with Gasteiger partial charge in [0, 0.05) is 13.0 Å². The van der Waals surface area contributed by atoms with Crippen LogP contribution < -0.4 is 5.32 Å². The van der Waals surface area contributed by atoms with Gasteiger partial charge in [-0.05, 0) is 6.92 Å². The molecule has 0 spiro atoms. The number of carbonyl (C=O) groups excluding carboxylic acids is 1. The summed E-state index contributed by atoms with van der Waals surface area (Å²) in [5.74, 6) is -1.31. The van der Waals surface area contributed by atoms with Gasteiger partial charge in [-0.1, -0.05) is 0 Å². The summed E-state index contributed by atoms with van der Waals surface area (Å²) >= 11 is 0. The van der Waals surface area contributed by atoms with E-state index in [-0.39, 0.29) is 12.7 Å². The highest BCUT2D eigenvalue weighted by Gasteiger charge is 2.29. The van der Waals surface area contributed by atoms with E-state index < -0.39 is 18.0 Å². The van der Waals surface area contributed by atoms with Crippen molar-refractivity contribution in [3.63, 3.8) is 0 Å². The summed E-state index contributed by atoms with van der Waals surface area (Å²) in [5.41, 5.74) is 0. The van der Waals surface area contributed by atoms with E-state index in [0.717, 1.165) is 0 Å². The Morgan fingerprint density at radius 1 is 1.53 bits per heavy atom. The van der Waals surface area contributed by atoms with Crippen LogP contribution in [0.5, 0.6) is 0 Å². The Morgan fingerprint density at radius 2 is 2.27 bits per heavy atom. The van der Waals surface area contributed by atoms with Crippen LogP contribution in [0.15, 0.2) is 0 Å². The second-order valence-electron chi connectivity index (χ2n) is 3.27. The van der Waals surface area contributed by atoms with Gasteiger partial charge in [-0.2, -0.15) is 0 Å². The zero-order valence-electron chi connectivity index (χ0n) is 8.56. The van der Waals surface area contributed by atoms with Crippen LogP contribution in [0.1, 0.15) is 13.3 Å². The minimum atomic E-state index is -0.891. The predicted molar refractivity (Wildman–Crippen MR) is 50.4 cm³/mol. The molecule has 1 aliphatic heterocycles. The van der Waals surface area contributed by atoms with E-state index in [1.165, 1.54) is 0 Å². The van der Waals surface area contributed by atoms with E-state index in [0.29, 0.717) is 19.6 Å². The second-order valence-corrected chi connectivity index (χ2v) is 3.27. The Kier molecular flexibility index (Phi) is 4.51. The lowest BCUT2D eigenvalue weighted by molar-refractivity contribution is -0.150. The van der Waals surface area contributed by atoms with Gasteiger partial charge in [-0.3, -0.25) is 4.79 Å². The highest BCUT2D eigenvalue weighted by Crippen LogP contribution is 2.10. The zero-order valence-corrected chi connectivity index (χ0v) is 8.56. The molecule has 15 heavy (non-hydrogen) atoms. The number of hydrogen-bond acceptors (Lipinski definition) is 5. The molecule has 0 aromatic carbocycles. The molecule has 0 saturated carbocycles. The summed E-state index contributed by atoms with van der Waals surface area (Å²) in [7, 11) is 0. The quantitative estimate of drug-likeness (QED) is 0.597. The van der Waals surface area contributed by atoms with Crippen LogP contribution in [0.25, 0.3) is 0 Å². The van der Waals surface area contributed by atoms with E-state index in [1.807, 2.05) is 0 Å². The number of hydrogen-bond donors (Lipinski definition) is 2. The van der Waals surface area contributed by atoms with Gasteiger partial charge in [0.25, 0.3) is 0 Å².